The van der Waals surface area contributed by atoms with Gasteiger partial charge in [-0.25, -0.2) is 0 Å². The molecule has 3 rings (SSSR count). The first-order chi connectivity index (χ1) is 14.7. The Bertz CT molecular complexity index is 898. The standard InChI is InChI=1S/C21H24O10/c22-9-17-18(27)19(28)20(29)21(31-17)30-12-4-1-10(2-5-12)14(24)8-16(26)13-6-3-11(23)7-15(13)25/h1-7,14,17-25,27-29H,8-9H2. The number of ether oxygens (including phenoxy) is 2. The second-order valence-electron chi connectivity index (χ2n) is 7.23. The van der Waals surface area contributed by atoms with E-state index in [4.69, 9.17) is 9.47 Å². The van der Waals surface area contributed by atoms with Gasteiger partial charge in [-0.15, -0.1) is 0 Å². The molecule has 0 amide bonds. The van der Waals surface area contributed by atoms with Gasteiger partial charge < -0.3 is 45.2 Å². The first-order valence-corrected chi connectivity index (χ1v) is 9.51. The average molecular weight is 436 g/mol. The van der Waals surface area contributed by atoms with Crippen molar-refractivity contribution in [2.75, 3.05) is 6.61 Å². The van der Waals surface area contributed by atoms with Gasteiger partial charge in [-0.1, -0.05) is 12.1 Å². The van der Waals surface area contributed by atoms with Crippen LogP contribution >= 0.6 is 0 Å². The van der Waals surface area contributed by atoms with Gasteiger partial charge in [-0.05, 0) is 29.8 Å². The third-order valence-electron chi connectivity index (χ3n) is 5.03. The van der Waals surface area contributed by atoms with Gasteiger partial charge in [-0.3, -0.25) is 4.79 Å². The summed E-state index contributed by atoms with van der Waals surface area (Å²) in [6.07, 6.45) is -8.56. The second-order valence-corrected chi connectivity index (χ2v) is 7.23. The summed E-state index contributed by atoms with van der Waals surface area (Å²) < 4.78 is 10.7. The van der Waals surface area contributed by atoms with Gasteiger partial charge in [-0.2, -0.15) is 0 Å². The molecular formula is C21H24O10. The van der Waals surface area contributed by atoms with Crippen molar-refractivity contribution in [3.63, 3.8) is 0 Å². The van der Waals surface area contributed by atoms with Gasteiger partial charge in [0, 0.05) is 12.5 Å². The molecule has 31 heavy (non-hydrogen) atoms. The molecule has 6 unspecified atom stereocenters. The Kier molecular flexibility index (Phi) is 7.11. The summed E-state index contributed by atoms with van der Waals surface area (Å²) >= 11 is 0. The molecule has 2 aromatic rings. The Morgan fingerprint density at radius 1 is 1.00 bits per heavy atom. The second kappa shape index (κ2) is 9.60. The summed E-state index contributed by atoms with van der Waals surface area (Å²) in [6, 6.07) is 9.40. The number of benzene rings is 2. The minimum absolute atomic E-state index is 0.0283. The molecule has 1 fully saturated rings. The van der Waals surface area contributed by atoms with E-state index < -0.39 is 49.2 Å². The highest BCUT2D eigenvalue weighted by atomic mass is 16.7. The summed E-state index contributed by atoms with van der Waals surface area (Å²) in [5.74, 6) is -0.889. The van der Waals surface area contributed by atoms with Crippen LogP contribution in [0.2, 0.25) is 0 Å². The lowest BCUT2D eigenvalue weighted by atomic mass is 9.99. The van der Waals surface area contributed by atoms with Crippen LogP contribution in [0.3, 0.4) is 0 Å². The maximum Gasteiger partial charge on any atom is 0.229 e. The molecule has 7 N–H and O–H groups in total. The molecule has 10 heteroatoms. The highest BCUT2D eigenvalue weighted by Gasteiger charge is 2.44. The molecule has 168 valence electrons. The topological polar surface area (TPSA) is 177 Å². The number of phenolic OH excluding ortho intramolecular Hbond substituents is 2. The molecule has 6 atom stereocenters. The first kappa shape index (κ1) is 22.9. The Hall–Kier alpha value is -2.73. The van der Waals surface area contributed by atoms with Crippen molar-refractivity contribution in [3.05, 3.63) is 53.6 Å². The van der Waals surface area contributed by atoms with Gasteiger partial charge in [0.2, 0.25) is 6.29 Å². The number of Topliss-reactive ketones (excluding diaryl/α,β-unsaturated/α-hetero) is 1. The number of carbonyl (C=O) groups is 1. The molecule has 2 aromatic carbocycles. The van der Waals surface area contributed by atoms with Gasteiger partial charge >= 0.3 is 0 Å². The van der Waals surface area contributed by atoms with Crippen LogP contribution in [0.25, 0.3) is 0 Å². The number of aliphatic hydroxyl groups excluding tert-OH is 5. The third kappa shape index (κ3) is 5.13. The zero-order chi connectivity index (χ0) is 22.7. The SMILES string of the molecule is O=C(CC(O)c1ccc(OC2OC(CO)C(O)C(O)C2O)cc1)c1ccc(O)cc1O. The van der Waals surface area contributed by atoms with E-state index >= 15 is 0 Å². The van der Waals surface area contributed by atoms with Crippen molar-refractivity contribution in [2.45, 2.75) is 43.2 Å². The van der Waals surface area contributed by atoms with Crippen LogP contribution < -0.4 is 4.74 Å². The quantitative estimate of drug-likeness (QED) is 0.282. The maximum absolute atomic E-state index is 12.3. The van der Waals surface area contributed by atoms with Crippen molar-refractivity contribution < 1.29 is 50.0 Å². The molecule has 0 radical (unpaired) electrons. The smallest absolute Gasteiger partial charge is 0.229 e. The minimum Gasteiger partial charge on any atom is -0.508 e. The van der Waals surface area contributed by atoms with Gasteiger partial charge in [0.05, 0.1) is 18.3 Å². The van der Waals surface area contributed by atoms with E-state index in [1.54, 1.807) is 0 Å². The normalized spacial score (nSPS) is 26.9. The first-order valence-electron chi connectivity index (χ1n) is 9.51. The number of aliphatic hydroxyl groups is 5. The van der Waals surface area contributed by atoms with Crippen LogP contribution in [0.1, 0.15) is 28.4 Å². The van der Waals surface area contributed by atoms with Crippen LogP contribution in [0, 0.1) is 0 Å². The van der Waals surface area contributed by atoms with Crippen molar-refractivity contribution in [2.24, 2.45) is 0 Å². The molecule has 1 heterocycles. The van der Waals surface area contributed by atoms with Crippen molar-refractivity contribution in [1.82, 2.24) is 0 Å². The van der Waals surface area contributed by atoms with Gasteiger partial charge in [0.25, 0.3) is 0 Å². The highest BCUT2D eigenvalue weighted by molar-refractivity contribution is 5.99. The fourth-order valence-electron chi connectivity index (χ4n) is 3.23. The maximum atomic E-state index is 12.3. The number of rotatable bonds is 7. The summed E-state index contributed by atoms with van der Waals surface area (Å²) in [7, 11) is 0. The third-order valence-corrected chi connectivity index (χ3v) is 5.03. The highest BCUT2D eigenvalue weighted by Crippen LogP contribution is 2.28. The summed E-state index contributed by atoms with van der Waals surface area (Å²) in [6.45, 7) is -0.583. The van der Waals surface area contributed by atoms with E-state index in [2.05, 4.69) is 0 Å². The molecule has 0 aliphatic carbocycles. The van der Waals surface area contributed by atoms with E-state index in [9.17, 15) is 40.5 Å². The lowest BCUT2D eigenvalue weighted by Crippen LogP contribution is -2.60. The van der Waals surface area contributed by atoms with Crippen molar-refractivity contribution in [3.8, 4) is 17.2 Å². The fraction of sp³-hybridized carbons (Fsp3) is 0.381. The number of hydrogen-bond donors (Lipinski definition) is 7. The van der Waals surface area contributed by atoms with E-state index in [-0.39, 0.29) is 29.2 Å². The summed E-state index contributed by atoms with van der Waals surface area (Å²) in [5, 5.41) is 68.2. The largest absolute Gasteiger partial charge is 0.508 e. The number of carbonyl (C=O) groups excluding carboxylic acids is 1. The molecule has 0 bridgehead atoms. The van der Waals surface area contributed by atoms with Crippen LogP contribution in [0.15, 0.2) is 42.5 Å². The molecule has 1 aliphatic heterocycles. The Balaban J connectivity index is 1.63. The Morgan fingerprint density at radius 3 is 2.29 bits per heavy atom. The van der Waals surface area contributed by atoms with Crippen molar-refractivity contribution >= 4 is 5.78 Å². The predicted octanol–water partition coefficient (Wildman–Crippen LogP) is -0.417. The lowest BCUT2D eigenvalue weighted by Gasteiger charge is -2.39. The predicted molar refractivity (Wildman–Crippen MR) is 105 cm³/mol. The monoisotopic (exact) mass is 436 g/mol. The van der Waals surface area contributed by atoms with Crippen LogP contribution in [0.4, 0.5) is 0 Å². The lowest BCUT2D eigenvalue weighted by molar-refractivity contribution is -0.277. The molecule has 0 saturated carbocycles. The molecule has 0 aromatic heterocycles. The van der Waals surface area contributed by atoms with E-state index in [0.29, 0.717) is 5.56 Å². The molecular weight excluding hydrogens is 412 g/mol. The van der Waals surface area contributed by atoms with E-state index in [1.807, 2.05) is 0 Å². The summed E-state index contributed by atoms with van der Waals surface area (Å²) in [4.78, 5) is 12.3. The number of ketones is 1. The van der Waals surface area contributed by atoms with Crippen LogP contribution in [-0.4, -0.2) is 78.8 Å². The Morgan fingerprint density at radius 2 is 1.68 bits per heavy atom. The van der Waals surface area contributed by atoms with Gasteiger partial charge in [0.1, 0.15) is 41.7 Å². The van der Waals surface area contributed by atoms with E-state index in [0.717, 1.165) is 6.07 Å². The molecule has 0 spiro atoms. The molecule has 1 saturated heterocycles. The summed E-state index contributed by atoms with van der Waals surface area (Å²) in [5.41, 5.74) is 0.354. The zero-order valence-corrected chi connectivity index (χ0v) is 16.3. The number of phenols is 2. The average Bonchev–Trinajstić information content (AvgIpc) is 2.74. The number of aromatic hydroxyl groups is 2. The number of hydrogen-bond acceptors (Lipinski definition) is 10. The minimum atomic E-state index is -1.57. The van der Waals surface area contributed by atoms with Crippen LogP contribution in [0.5, 0.6) is 17.2 Å². The fourth-order valence-corrected chi connectivity index (χ4v) is 3.23. The molecule has 1 aliphatic rings. The van der Waals surface area contributed by atoms with Crippen LogP contribution in [-0.2, 0) is 4.74 Å². The zero-order valence-electron chi connectivity index (χ0n) is 16.3. The Labute approximate surface area is 177 Å². The molecule has 10 nitrogen and oxygen atoms in total. The van der Waals surface area contributed by atoms with Crippen molar-refractivity contribution in [1.29, 1.82) is 0 Å². The van der Waals surface area contributed by atoms with Gasteiger partial charge in [0.15, 0.2) is 5.78 Å². The van der Waals surface area contributed by atoms with E-state index in [1.165, 1.54) is 36.4 Å².